The van der Waals surface area contributed by atoms with Gasteiger partial charge in [0.2, 0.25) is 10.0 Å². The molecule has 7 heteroatoms. The maximum atomic E-state index is 12.6. The molecular formula is C15H22N2O4S. The first-order valence-electron chi connectivity index (χ1n) is 7.51. The van der Waals surface area contributed by atoms with Crippen molar-refractivity contribution in [2.24, 2.45) is 0 Å². The zero-order valence-electron chi connectivity index (χ0n) is 12.9. The van der Waals surface area contributed by atoms with Crippen molar-refractivity contribution in [3.8, 4) is 0 Å². The number of hydrogen-bond donors (Lipinski definition) is 1. The van der Waals surface area contributed by atoms with E-state index in [2.05, 4.69) is 5.32 Å². The van der Waals surface area contributed by atoms with Gasteiger partial charge < -0.3 is 4.74 Å². The van der Waals surface area contributed by atoms with Gasteiger partial charge in [0.05, 0.1) is 11.5 Å². The number of anilines is 1. The molecular weight excluding hydrogens is 304 g/mol. The van der Waals surface area contributed by atoms with Crippen LogP contribution in [-0.4, -0.2) is 38.0 Å². The quantitative estimate of drug-likeness (QED) is 0.923. The molecule has 1 amide bonds. The third kappa shape index (κ3) is 3.78. The first-order chi connectivity index (χ1) is 10.4. The van der Waals surface area contributed by atoms with Crippen molar-refractivity contribution in [2.75, 3.05) is 18.5 Å². The van der Waals surface area contributed by atoms with Gasteiger partial charge in [0.1, 0.15) is 0 Å². The molecule has 1 saturated heterocycles. The Morgan fingerprint density at radius 2 is 2.00 bits per heavy atom. The van der Waals surface area contributed by atoms with Gasteiger partial charge in [0.25, 0.3) is 0 Å². The van der Waals surface area contributed by atoms with Gasteiger partial charge in [-0.05, 0) is 51.0 Å². The molecule has 122 valence electrons. The average molecular weight is 326 g/mol. The predicted molar refractivity (Wildman–Crippen MR) is 84.3 cm³/mol. The van der Waals surface area contributed by atoms with Crippen LogP contribution in [0.2, 0.25) is 0 Å². The van der Waals surface area contributed by atoms with Crippen LogP contribution in [0.4, 0.5) is 10.5 Å². The van der Waals surface area contributed by atoms with Gasteiger partial charge in [0.15, 0.2) is 0 Å². The first-order valence-corrected chi connectivity index (χ1v) is 8.95. The van der Waals surface area contributed by atoms with E-state index in [1.165, 1.54) is 12.1 Å². The lowest BCUT2D eigenvalue weighted by atomic mass is 10.1. The Kier molecular flexibility index (Phi) is 5.42. The molecule has 1 aromatic rings. The van der Waals surface area contributed by atoms with Gasteiger partial charge in [0, 0.05) is 18.3 Å². The predicted octanol–water partition coefficient (Wildman–Crippen LogP) is 2.82. The second kappa shape index (κ2) is 7.11. The van der Waals surface area contributed by atoms with Crippen LogP contribution in [0, 0.1) is 0 Å². The summed E-state index contributed by atoms with van der Waals surface area (Å²) in [4.78, 5) is 11.6. The average Bonchev–Trinajstić information content (AvgIpc) is 2.48. The monoisotopic (exact) mass is 326 g/mol. The van der Waals surface area contributed by atoms with Crippen LogP contribution < -0.4 is 5.32 Å². The molecule has 1 N–H and O–H groups in total. The number of carbonyl (C=O) groups is 1. The molecule has 0 bridgehead atoms. The number of nitrogens with one attached hydrogen (secondary N) is 1. The Labute approximate surface area is 131 Å². The van der Waals surface area contributed by atoms with Gasteiger partial charge >= 0.3 is 6.09 Å². The summed E-state index contributed by atoms with van der Waals surface area (Å²) < 4.78 is 31.6. The molecule has 1 atom stereocenters. The smallest absolute Gasteiger partial charge is 0.411 e. The van der Waals surface area contributed by atoms with Crippen molar-refractivity contribution in [1.29, 1.82) is 0 Å². The summed E-state index contributed by atoms with van der Waals surface area (Å²) in [7, 11) is -3.48. The number of rotatable bonds is 4. The highest BCUT2D eigenvalue weighted by Crippen LogP contribution is 2.25. The molecule has 1 aliphatic heterocycles. The molecule has 0 aromatic heterocycles. The molecule has 0 radical (unpaired) electrons. The normalized spacial score (nSPS) is 19.6. The Morgan fingerprint density at radius 3 is 2.59 bits per heavy atom. The van der Waals surface area contributed by atoms with Crippen LogP contribution in [0.1, 0.15) is 33.1 Å². The van der Waals surface area contributed by atoms with Gasteiger partial charge in [-0.3, -0.25) is 5.32 Å². The van der Waals surface area contributed by atoms with E-state index in [-0.39, 0.29) is 17.5 Å². The fourth-order valence-electron chi connectivity index (χ4n) is 2.56. The van der Waals surface area contributed by atoms with Crippen LogP contribution in [0.5, 0.6) is 0 Å². The molecule has 1 aromatic carbocycles. The fourth-order valence-corrected chi connectivity index (χ4v) is 4.26. The van der Waals surface area contributed by atoms with Crippen molar-refractivity contribution < 1.29 is 17.9 Å². The number of carbonyl (C=O) groups excluding carboxylic acids is 1. The topological polar surface area (TPSA) is 75.7 Å². The molecule has 6 nitrogen and oxygen atoms in total. The minimum atomic E-state index is -3.48. The van der Waals surface area contributed by atoms with Crippen LogP contribution in [-0.2, 0) is 14.8 Å². The molecule has 0 spiro atoms. The third-order valence-electron chi connectivity index (χ3n) is 3.72. The lowest BCUT2D eigenvalue weighted by Crippen LogP contribution is -2.41. The maximum absolute atomic E-state index is 12.6. The second-order valence-electron chi connectivity index (χ2n) is 5.33. The highest BCUT2D eigenvalue weighted by molar-refractivity contribution is 7.89. The molecule has 0 saturated carbocycles. The van der Waals surface area contributed by atoms with E-state index >= 15 is 0 Å². The Bertz CT molecular complexity index is 613. The summed E-state index contributed by atoms with van der Waals surface area (Å²) in [6, 6.07) is 6.18. The van der Waals surface area contributed by atoms with Crippen LogP contribution in [0.25, 0.3) is 0 Å². The summed E-state index contributed by atoms with van der Waals surface area (Å²) in [5, 5.41) is 2.54. The Balaban J connectivity index is 2.13. The van der Waals surface area contributed by atoms with Crippen molar-refractivity contribution in [3.05, 3.63) is 24.3 Å². The highest BCUT2D eigenvalue weighted by atomic mass is 32.2. The Morgan fingerprint density at radius 1 is 1.32 bits per heavy atom. The number of nitrogens with zero attached hydrogens (tertiary/aromatic N) is 1. The number of amides is 1. The third-order valence-corrected chi connectivity index (χ3v) is 5.75. The van der Waals surface area contributed by atoms with Gasteiger partial charge in [-0.15, -0.1) is 0 Å². The number of piperidine rings is 1. The molecule has 1 fully saturated rings. The number of ether oxygens (including phenoxy) is 1. The van der Waals surface area contributed by atoms with E-state index in [4.69, 9.17) is 4.74 Å². The summed E-state index contributed by atoms with van der Waals surface area (Å²) in [6.45, 7) is 4.50. The first kappa shape index (κ1) is 16.8. The van der Waals surface area contributed by atoms with E-state index in [1.807, 2.05) is 6.92 Å². The molecule has 2 rings (SSSR count). The van der Waals surface area contributed by atoms with Crippen LogP contribution in [0.3, 0.4) is 0 Å². The number of sulfonamides is 1. The lowest BCUT2D eigenvalue weighted by Gasteiger charge is -2.32. The van der Waals surface area contributed by atoms with Crippen molar-refractivity contribution >= 4 is 21.8 Å². The molecule has 1 aliphatic rings. The Hall–Kier alpha value is -1.60. The number of benzene rings is 1. The molecule has 22 heavy (non-hydrogen) atoms. The molecule has 1 unspecified atom stereocenters. The maximum Gasteiger partial charge on any atom is 0.411 e. The minimum Gasteiger partial charge on any atom is -0.450 e. The SMILES string of the molecule is CCOC(=O)Nc1ccc(S(=O)(=O)N2CCCCC2C)cc1. The van der Waals surface area contributed by atoms with E-state index in [1.54, 1.807) is 23.4 Å². The lowest BCUT2D eigenvalue weighted by molar-refractivity contribution is 0.168. The zero-order chi connectivity index (χ0) is 16.2. The largest absolute Gasteiger partial charge is 0.450 e. The fraction of sp³-hybridized carbons (Fsp3) is 0.533. The van der Waals surface area contributed by atoms with E-state index in [0.717, 1.165) is 19.3 Å². The van der Waals surface area contributed by atoms with Crippen molar-refractivity contribution in [1.82, 2.24) is 4.31 Å². The number of hydrogen-bond acceptors (Lipinski definition) is 4. The minimum absolute atomic E-state index is 0.0242. The summed E-state index contributed by atoms with van der Waals surface area (Å²) >= 11 is 0. The van der Waals surface area contributed by atoms with E-state index < -0.39 is 16.1 Å². The van der Waals surface area contributed by atoms with Gasteiger partial charge in [-0.25, -0.2) is 13.2 Å². The summed E-state index contributed by atoms with van der Waals surface area (Å²) in [5.74, 6) is 0. The molecule has 0 aliphatic carbocycles. The zero-order valence-corrected chi connectivity index (χ0v) is 13.7. The van der Waals surface area contributed by atoms with E-state index in [9.17, 15) is 13.2 Å². The summed E-state index contributed by atoms with van der Waals surface area (Å²) in [5.41, 5.74) is 0.504. The van der Waals surface area contributed by atoms with Crippen molar-refractivity contribution in [2.45, 2.75) is 44.0 Å². The summed E-state index contributed by atoms with van der Waals surface area (Å²) in [6.07, 6.45) is 2.30. The standard InChI is InChI=1S/C15H22N2O4S/c1-3-21-15(18)16-13-7-9-14(10-8-13)22(19,20)17-11-5-4-6-12(17)2/h7-10,12H,3-6,11H2,1-2H3,(H,16,18). The van der Waals surface area contributed by atoms with Crippen LogP contribution >= 0.6 is 0 Å². The molecule has 1 heterocycles. The van der Waals surface area contributed by atoms with E-state index in [0.29, 0.717) is 12.2 Å². The van der Waals surface area contributed by atoms with Crippen molar-refractivity contribution in [3.63, 3.8) is 0 Å². The van der Waals surface area contributed by atoms with Gasteiger partial charge in [-0.2, -0.15) is 4.31 Å². The van der Waals surface area contributed by atoms with Crippen LogP contribution in [0.15, 0.2) is 29.2 Å². The highest BCUT2D eigenvalue weighted by Gasteiger charge is 2.30. The van der Waals surface area contributed by atoms with Gasteiger partial charge in [-0.1, -0.05) is 6.42 Å². The second-order valence-corrected chi connectivity index (χ2v) is 7.22.